The first-order valence-electron chi connectivity index (χ1n) is 5.57. The second kappa shape index (κ2) is 4.48. The van der Waals surface area contributed by atoms with Crippen LogP contribution in [0.3, 0.4) is 0 Å². The molecule has 0 bridgehead atoms. The van der Waals surface area contributed by atoms with Gasteiger partial charge in [-0.15, -0.1) is 0 Å². The van der Waals surface area contributed by atoms with Gasteiger partial charge in [0.15, 0.2) is 0 Å². The summed E-state index contributed by atoms with van der Waals surface area (Å²) in [7, 11) is 0. The van der Waals surface area contributed by atoms with Gasteiger partial charge in [0.1, 0.15) is 5.82 Å². The summed E-state index contributed by atoms with van der Waals surface area (Å²) in [5.41, 5.74) is 3.58. The Labute approximate surface area is 95.7 Å². The largest absolute Gasteiger partial charge is 0.206 e. The number of rotatable bonds is 2. The van der Waals surface area contributed by atoms with E-state index in [2.05, 4.69) is 0 Å². The van der Waals surface area contributed by atoms with Gasteiger partial charge in [-0.2, -0.15) is 0 Å². The molecule has 0 radical (unpaired) electrons. The highest BCUT2D eigenvalue weighted by molar-refractivity contribution is 5.65. The number of hydrogen-bond acceptors (Lipinski definition) is 0. The van der Waals surface area contributed by atoms with Crippen molar-refractivity contribution in [3.63, 3.8) is 0 Å². The molecule has 0 aliphatic rings. The Hall–Kier alpha value is -1.63. The Morgan fingerprint density at radius 3 is 2.50 bits per heavy atom. The monoisotopic (exact) mass is 214 g/mol. The molecule has 0 unspecified atom stereocenters. The van der Waals surface area contributed by atoms with Gasteiger partial charge in [0, 0.05) is 5.56 Å². The number of benzene rings is 2. The lowest BCUT2D eigenvalue weighted by Crippen LogP contribution is -1.91. The molecule has 2 aromatic carbocycles. The molecular formula is C15H15F. The predicted octanol–water partition coefficient (Wildman–Crippen LogP) is 4.36. The second-order valence-corrected chi connectivity index (χ2v) is 4.00. The maximum atomic E-state index is 14.1. The molecule has 0 aromatic heterocycles. The first-order valence-corrected chi connectivity index (χ1v) is 5.57. The van der Waals surface area contributed by atoms with E-state index in [0.717, 1.165) is 23.1 Å². The van der Waals surface area contributed by atoms with Crippen molar-refractivity contribution in [2.24, 2.45) is 0 Å². The fourth-order valence-electron chi connectivity index (χ4n) is 1.89. The van der Waals surface area contributed by atoms with Crippen LogP contribution in [-0.4, -0.2) is 0 Å². The van der Waals surface area contributed by atoms with Crippen molar-refractivity contribution in [1.29, 1.82) is 0 Å². The summed E-state index contributed by atoms with van der Waals surface area (Å²) >= 11 is 0. The predicted molar refractivity (Wildman–Crippen MR) is 66.0 cm³/mol. The standard InChI is InChI=1S/C15H15F/c1-3-12-7-5-9-14(15(12)16)13-8-4-6-11(2)10-13/h4-10H,3H2,1-2H3. The Balaban J connectivity index is 2.56. The van der Waals surface area contributed by atoms with Crippen LogP contribution >= 0.6 is 0 Å². The van der Waals surface area contributed by atoms with Crippen molar-refractivity contribution in [3.8, 4) is 11.1 Å². The van der Waals surface area contributed by atoms with Crippen LogP contribution in [-0.2, 0) is 6.42 Å². The fourth-order valence-corrected chi connectivity index (χ4v) is 1.89. The zero-order valence-electron chi connectivity index (χ0n) is 9.63. The van der Waals surface area contributed by atoms with Gasteiger partial charge in [-0.05, 0) is 24.5 Å². The minimum absolute atomic E-state index is 0.0874. The lowest BCUT2D eigenvalue weighted by Gasteiger charge is -2.07. The van der Waals surface area contributed by atoms with Crippen LogP contribution in [0.2, 0.25) is 0 Å². The van der Waals surface area contributed by atoms with Crippen molar-refractivity contribution in [2.45, 2.75) is 20.3 Å². The van der Waals surface area contributed by atoms with E-state index in [9.17, 15) is 4.39 Å². The molecule has 82 valence electrons. The third-order valence-corrected chi connectivity index (χ3v) is 2.79. The molecule has 0 aliphatic carbocycles. The van der Waals surface area contributed by atoms with Gasteiger partial charge < -0.3 is 0 Å². The molecular weight excluding hydrogens is 199 g/mol. The van der Waals surface area contributed by atoms with Gasteiger partial charge in [-0.3, -0.25) is 0 Å². The lowest BCUT2D eigenvalue weighted by molar-refractivity contribution is 0.616. The van der Waals surface area contributed by atoms with Crippen molar-refractivity contribution in [3.05, 3.63) is 59.4 Å². The van der Waals surface area contributed by atoms with Crippen LogP contribution in [0, 0.1) is 12.7 Å². The van der Waals surface area contributed by atoms with Gasteiger partial charge >= 0.3 is 0 Å². The zero-order valence-corrected chi connectivity index (χ0v) is 9.63. The summed E-state index contributed by atoms with van der Waals surface area (Å²) in [5, 5.41) is 0. The van der Waals surface area contributed by atoms with E-state index in [0.29, 0.717) is 5.56 Å². The van der Waals surface area contributed by atoms with E-state index in [1.54, 1.807) is 0 Å². The second-order valence-electron chi connectivity index (χ2n) is 4.00. The molecule has 0 aliphatic heterocycles. The third kappa shape index (κ3) is 1.99. The summed E-state index contributed by atoms with van der Waals surface area (Å²) in [5.74, 6) is -0.0874. The normalized spacial score (nSPS) is 10.4. The number of hydrogen-bond donors (Lipinski definition) is 0. The van der Waals surface area contributed by atoms with Crippen LogP contribution in [0.1, 0.15) is 18.1 Å². The first-order chi connectivity index (χ1) is 7.72. The molecule has 0 saturated heterocycles. The first kappa shape index (κ1) is 10.9. The number of aryl methyl sites for hydroxylation is 2. The summed E-state index contributed by atoms with van der Waals surface area (Å²) in [4.78, 5) is 0. The highest BCUT2D eigenvalue weighted by Gasteiger charge is 2.08. The average molecular weight is 214 g/mol. The van der Waals surface area contributed by atoms with Crippen LogP contribution in [0.5, 0.6) is 0 Å². The zero-order chi connectivity index (χ0) is 11.5. The molecule has 2 aromatic rings. The SMILES string of the molecule is CCc1cccc(-c2cccc(C)c2)c1F. The summed E-state index contributed by atoms with van der Waals surface area (Å²) in [6, 6.07) is 13.5. The highest BCUT2D eigenvalue weighted by atomic mass is 19.1. The van der Waals surface area contributed by atoms with Gasteiger partial charge in [0.25, 0.3) is 0 Å². The van der Waals surface area contributed by atoms with E-state index in [1.807, 2.05) is 56.3 Å². The smallest absolute Gasteiger partial charge is 0.134 e. The molecule has 0 N–H and O–H groups in total. The molecule has 0 heterocycles. The molecule has 0 fully saturated rings. The van der Waals surface area contributed by atoms with E-state index in [-0.39, 0.29) is 5.82 Å². The van der Waals surface area contributed by atoms with Crippen LogP contribution in [0.15, 0.2) is 42.5 Å². The summed E-state index contributed by atoms with van der Waals surface area (Å²) < 4.78 is 14.1. The Morgan fingerprint density at radius 2 is 1.81 bits per heavy atom. The van der Waals surface area contributed by atoms with E-state index in [1.165, 1.54) is 0 Å². The minimum Gasteiger partial charge on any atom is -0.206 e. The average Bonchev–Trinajstić information content (AvgIpc) is 2.29. The molecule has 16 heavy (non-hydrogen) atoms. The molecule has 1 heteroatoms. The summed E-state index contributed by atoms with van der Waals surface area (Å²) in [6.07, 6.45) is 0.728. The number of halogens is 1. The van der Waals surface area contributed by atoms with Gasteiger partial charge in [-0.25, -0.2) is 4.39 Å². The van der Waals surface area contributed by atoms with Gasteiger partial charge in [-0.1, -0.05) is 55.0 Å². The van der Waals surface area contributed by atoms with Crippen molar-refractivity contribution in [2.75, 3.05) is 0 Å². The molecule has 2 rings (SSSR count). The van der Waals surface area contributed by atoms with Crippen molar-refractivity contribution < 1.29 is 4.39 Å². The molecule has 0 nitrogen and oxygen atoms in total. The minimum atomic E-state index is -0.0874. The Bertz CT molecular complexity index is 501. The summed E-state index contributed by atoms with van der Waals surface area (Å²) in [6.45, 7) is 3.99. The lowest BCUT2D eigenvalue weighted by atomic mass is 10.00. The maximum Gasteiger partial charge on any atom is 0.134 e. The van der Waals surface area contributed by atoms with Gasteiger partial charge in [0.05, 0.1) is 0 Å². The van der Waals surface area contributed by atoms with Crippen LogP contribution in [0.4, 0.5) is 4.39 Å². The molecule has 0 saturated carbocycles. The van der Waals surface area contributed by atoms with E-state index >= 15 is 0 Å². The fraction of sp³-hybridized carbons (Fsp3) is 0.200. The topological polar surface area (TPSA) is 0 Å². The van der Waals surface area contributed by atoms with Crippen molar-refractivity contribution in [1.82, 2.24) is 0 Å². The van der Waals surface area contributed by atoms with Crippen LogP contribution < -0.4 is 0 Å². The molecule has 0 amide bonds. The van der Waals surface area contributed by atoms with Crippen LogP contribution in [0.25, 0.3) is 11.1 Å². The highest BCUT2D eigenvalue weighted by Crippen LogP contribution is 2.25. The van der Waals surface area contributed by atoms with Crippen molar-refractivity contribution >= 4 is 0 Å². The van der Waals surface area contributed by atoms with Gasteiger partial charge in [0.2, 0.25) is 0 Å². The van der Waals surface area contributed by atoms with E-state index in [4.69, 9.17) is 0 Å². The quantitative estimate of drug-likeness (QED) is 0.696. The molecule has 0 spiro atoms. The molecule has 0 atom stereocenters. The Morgan fingerprint density at radius 1 is 1.06 bits per heavy atom. The van der Waals surface area contributed by atoms with E-state index < -0.39 is 0 Å². The maximum absolute atomic E-state index is 14.1. The Kier molecular flexibility index (Phi) is 3.04. The third-order valence-electron chi connectivity index (χ3n) is 2.79.